The summed E-state index contributed by atoms with van der Waals surface area (Å²) in [6, 6.07) is 18.1. The van der Waals surface area contributed by atoms with E-state index >= 15 is 0 Å². The smallest absolute Gasteiger partial charge is 0.303 e. The van der Waals surface area contributed by atoms with E-state index in [0.29, 0.717) is 23.7 Å². The summed E-state index contributed by atoms with van der Waals surface area (Å²) in [6.45, 7) is 4.34. The highest BCUT2D eigenvalue weighted by molar-refractivity contribution is 5.77. The maximum atomic E-state index is 14.7. The molecule has 1 N–H and O–H groups in total. The lowest BCUT2D eigenvalue weighted by atomic mass is 9.96. The first-order chi connectivity index (χ1) is 16.4. The zero-order chi connectivity index (χ0) is 24.5. The van der Waals surface area contributed by atoms with Gasteiger partial charge in [0, 0.05) is 5.56 Å². The second-order valence-corrected chi connectivity index (χ2v) is 8.32. The first kappa shape index (κ1) is 25.0. The molecule has 0 saturated carbocycles. The Morgan fingerprint density at radius 3 is 2.62 bits per heavy atom. The van der Waals surface area contributed by atoms with Gasteiger partial charge < -0.3 is 14.6 Å². The molecule has 0 saturated heterocycles. The SMILES string of the molecule is CCCC=Cc1cc(COc2cccc([C@@H](C)CC(=O)O)c2)ccc1-c1cc(OC)ccc1F. The molecule has 34 heavy (non-hydrogen) atoms. The molecule has 3 aromatic carbocycles. The molecule has 0 bridgehead atoms. The maximum absolute atomic E-state index is 14.7. The molecule has 3 rings (SSSR count). The van der Waals surface area contributed by atoms with E-state index in [4.69, 9.17) is 14.6 Å². The van der Waals surface area contributed by atoms with Crippen LogP contribution in [0.1, 0.15) is 55.7 Å². The quantitative estimate of drug-likeness (QED) is 0.321. The normalized spacial score (nSPS) is 12.0. The van der Waals surface area contributed by atoms with Crippen LogP contribution in [0.3, 0.4) is 0 Å². The standard InChI is InChI=1S/C29H31FO4/c1-4-5-6-8-23-16-21(11-13-26(23)27-18-24(33-3)12-14-28(27)30)19-34-25-10-7-9-22(17-25)20(2)15-29(31)32/h6-14,16-18,20H,4-5,15,19H2,1-3H3,(H,31,32)/t20-/m0/s1. The fourth-order valence-corrected chi connectivity index (χ4v) is 3.76. The molecule has 4 nitrogen and oxygen atoms in total. The summed E-state index contributed by atoms with van der Waals surface area (Å²) in [5.41, 5.74) is 4.06. The van der Waals surface area contributed by atoms with Gasteiger partial charge >= 0.3 is 5.97 Å². The highest BCUT2D eigenvalue weighted by Gasteiger charge is 2.13. The first-order valence-corrected chi connectivity index (χ1v) is 11.5. The Morgan fingerprint density at radius 2 is 1.88 bits per heavy atom. The van der Waals surface area contributed by atoms with Crippen LogP contribution in [0.2, 0.25) is 0 Å². The van der Waals surface area contributed by atoms with Gasteiger partial charge in [-0.05, 0) is 71.0 Å². The Balaban J connectivity index is 1.85. The molecule has 0 radical (unpaired) electrons. The third kappa shape index (κ3) is 6.70. The number of halogens is 1. The number of methoxy groups -OCH3 is 1. The average Bonchev–Trinajstić information content (AvgIpc) is 2.83. The Bertz CT molecular complexity index is 1150. The summed E-state index contributed by atoms with van der Waals surface area (Å²) in [5, 5.41) is 9.05. The van der Waals surface area contributed by atoms with Crippen molar-refractivity contribution in [2.75, 3.05) is 7.11 Å². The van der Waals surface area contributed by atoms with E-state index in [9.17, 15) is 9.18 Å². The maximum Gasteiger partial charge on any atom is 0.303 e. The van der Waals surface area contributed by atoms with E-state index in [1.807, 2.05) is 55.5 Å². The van der Waals surface area contributed by atoms with Crippen molar-refractivity contribution < 1.29 is 23.8 Å². The Hall–Kier alpha value is -3.60. The number of aliphatic carboxylic acids is 1. The van der Waals surface area contributed by atoms with Crippen LogP contribution < -0.4 is 9.47 Å². The lowest BCUT2D eigenvalue weighted by Crippen LogP contribution is -2.03. The number of hydrogen-bond acceptors (Lipinski definition) is 3. The summed E-state index contributed by atoms with van der Waals surface area (Å²) in [6.07, 6.45) is 6.14. The van der Waals surface area contributed by atoms with Crippen LogP contribution in [0.4, 0.5) is 4.39 Å². The minimum Gasteiger partial charge on any atom is -0.497 e. The monoisotopic (exact) mass is 462 g/mol. The molecule has 0 aliphatic rings. The molecular formula is C29H31FO4. The number of hydrogen-bond donors (Lipinski definition) is 1. The predicted octanol–water partition coefficient (Wildman–Crippen LogP) is 7.47. The van der Waals surface area contributed by atoms with Crippen LogP contribution in [0, 0.1) is 5.82 Å². The molecule has 0 unspecified atom stereocenters. The van der Waals surface area contributed by atoms with Gasteiger partial charge in [-0.3, -0.25) is 4.79 Å². The number of allylic oxidation sites excluding steroid dienone is 1. The Labute approximate surface area is 200 Å². The number of ether oxygens (including phenoxy) is 2. The summed E-state index contributed by atoms with van der Waals surface area (Å²) >= 11 is 0. The Kier molecular flexibility index (Phi) is 8.86. The van der Waals surface area contributed by atoms with Crippen molar-refractivity contribution in [1.82, 2.24) is 0 Å². The molecule has 0 fully saturated rings. The van der Waals surface area contributed by atoms with Gasteiger partial charge in [0.15, 0.2) is 0 Å². The molecule has 0 amide bonds. The number of rotatable bonds is 11. The largest absolute Gasteiger partial charge is 0.497 e. The molecule has 1 atom stereocenters. The molecule has 5 heteroatoms. The van der Waals surface area contributed by atoms with Gasteiger partial charge in [0.25, 0.3) is 0 Å². The van der Waals surface area contributed by atoms with Gasteiger partial charge in [-0.1, -0.05) is 56.7 Å². The molecule has 178 valence electrons. The average molecular weight is 463 g/mol. The number of carboxylic acids is 1. The van der Waals surface area contributed by atoms with Crippen LogP contribution in [-0.4, -0.2) is 18.2 Å². The molecule has 0 aliphatic heterocycles. The zero-order valence-electron chi connectivity index (χ0n) is 19.9. The van der Waals surface area contributed by atoms with E-state index in [0.717, 1.165) is 35.1 Å². The lowest BCUT2D eigenvalue weighted by Gasteiger charge is -2.14. The first-order valence-electron chi connectivity index (χ1n) is 11.5. The number of carboxylic acid groups (broad SMARTS) is 1. The van der Waals surface area contributed by atoms with Crippen molar-refractivity contribution in [2.24, 2.45) is 0 Å². The van der Waals surface area contributed by atoms with Crippen molar-refractivity contribution in [1.29, 1.82) is 0 Å². The fourth-order valence-electron chi connectivity index (χ4n) is 3.76. The van der Waals surface area contributed by atoms with Gasteiger partial charge in [-0.25, -0.2) is 4.39 Å². The lowest BCUT2D eigenvalue weighted by molar-refractivity contribution is -0.137. The molecule has 0 aliphatic carbocycles. The van der Waals surface area contributed by atoms with E-state index < -0.39 is 5.97 Å². The predicted molar refractivity (Wildman–Crippen MR) is 134 cm³/mol. The summed E-state index contributed by atoms with van der Waals surface area (Å²) < 4.78 is 26.0. The van der Waals surface area contributed by atoms with Crippen LogP contribution >= 0.6 is 0 Å². The molecular weight excluding hydrogens is 431 g/mol. The van der Waals surface area contributed by atoms with Gasteiger partial charge in [0.05, 0.1) is 13.5 Å². The van der Waals surface area contributed by atoms with E-state index in [1.54, 1.807) is 19.2 Å². The Morgan fingerprint density at radius 1 is 1.06 bits per heavy atom. The summed E-state index contributed by atoms with van der Waals surface area (Å²) in [4.78, 5) is 11.0. The molecule has 0 heterocycles. The summed E-state index contributed by atoms with van der Waals surface area (Å²) in [5.74, 6) is 0.0516. The van der Waals surface area contributed by atoms with E-state index in [2.05, 4.69) is 13.0 Å². The van der Waals surface area contributed by atoms with Crippen LogP contribution in [0.25, 0.3) is 17.2 Å². The van der Waals surface area contributed by atoms with Gasteiger partial charge in [-0.15, -0.1) is 0 Å². The second kappa shape index (κ2) is 12.0. The van der Waals surface area contributed by atoms with Crippen LogP contribution in [0.15, 0.2) is 66.7 Å². The van der Waals surface area contributed by atoms with Crippen LogP contribution in [-0.2, 0) is 11.4 Å². The highest BCUT2D eigenvalue weighted by Crippen LogP contribution is 2.32. The number of benzene rings is 3. The van der Waals surface area contributed by atoms with Crippen molar-refractivity contribution >= 4 is 12.0 Å². The van der Waals surface area contributed by atoms with Crippen LogP contribution in [0.5, 0.6) is 11.5 Å². The minimum atomic E-state index is -0.824. The highest BCUT2D eigenvalue weighted by atomic mass is 19.1. The van der Waals surface area contributed by atoms with Crippen molar-refractivity contribution in [2.45, 2.75) is 45.6 Å². The topological polar surface area (TPSA) is 55.8 Å². The molecule has 0 spiro atoms. The third-order valence-corrected chi connectivity index (χ3v) is 5.65. The van der Waals surface area contributed by atoms with Gasteiger partial charge in [0.1, 0.15) is 23.9 Å². The molecule has 3 aromatic rings. The third-order valence-electron chi connectivity index (χ3n) is 5.65. The van der Waals surface area contributed by atoms with Gasteiger partial charge in [-0.2, -0.15) is 0 Å². The van der Waals surface area contributed by atoms with Gasteiger partial charge in [0.2, 0.25) is 0 Å². The van der Waals surface area contributed by atoms with Crippen molar-refractivity contribution in [3.63, 3.8) is 0 Å². The summed E-state index contributed by atoms with van der Waals surface area (Å²) in [7, 11) is 1.57. The second-order valence-electron chi connectivity index (χ2n) is 8.32. The van der Waals surface area contributed by atoms with Crippen molar-refractivity contribution in [3.05, 3.63) is 89.2 Å². The number of carbonyl (C=O) groups is 1. The zero-order valence-corrected chi connectivity index (χ0v) is 19.9. The van der Waals surface area contributed by atoms with Crippen molar-refractivity contribution in [3.8, 4) is 22.6 Å². The minimum absolute atomic E-state index is 0.0687. The van der Waals surface area contributed by atoms with E-state index in [1.165, 1.54) is 6.07 Å². The molecule has 0 aromatic heterocycles. The van der Waals surface area contributed by atoms with E-state index in [-0.39, 0.29) is 18.2 Å². The number of unbranched alkanes of at least 4 members (excludes halogenated alkanes) is 1. The fraction of sp³-hybridized carbons (Fsp3) is 0.276.